The second kappa shape index (κ2) is 7.41. The average molecular weight is 337 g/mol. The molecule has 1 atom stereocenters. The lowest BCUT2D eigenvalue weighted by atomic mass is 10.2. The maximum atomic E-state index is 12.9. The third-order valence-corrected chi connectivity index (χ3v) is 6.25. The van der Waals surface area contributed by atoms with E-state index in [9.17, 15) is 8.42 Å². The monoisotopic (exact) mass is 337 g/mol. The lowest BCUT2D eigenvalue weighted by Crippen LogP contribution is -2.54. The first-order chi connectivity index (χ1) is 10.9. The van der Waals surface area contributed by atoms with E-state index in [-0.39, 0.29) is 10.9 Å². The summed E-state index contributed by atoms with van der Waals surface area (Å²) in [5, 5.41) is 9.01. The number of hydrogen-bond acceptors (Lipinski definition) is 5. The van der Waals surface area contributed by atoms with Crippen LogP contribution in [0.15, 0.2) is 23.1 Å². The predicted octanol–water partition coefficient (Wildman–Crippen LogP) is 1.21. The van der Waals surface area contributed by atoms with Crippen molar-refractivity contribution in [3.8, 4) is 6.07 Å². The summed E-state index contributed by atoms with van der Waals surface area (Å²) >= 11 is 0. The lowest BCUT2D eigenvalue weighted by Gasteiger charge is -2.39. The number of piperazine rings is 1. The minimum Gasteiger partial charge on any atom is -0.383 e. The molecular formula is C16H23N3O3S. The summed E-state index contributed by atoms with van der Waals surface area (Å²) in [6, 6.07) is 6.92. The first kappa shape index (κ1) is 17.9. The van der Waals surface area contributed by atoms with E-state index in [2.05, 4.69) is 4.90 Å². The fourth-order valence-electron chi connectivity index (χ4n) is 2.81. The smallest absolute Gasteiger partial charge is 0.243 e. The summed E-state index contributed by atoms with van der Waals surface area (Å²) in [4.78, 5) is 2.46. The first-order valence-electron chi connectivity index (χ1n) is 7.64. The Bertz CT molecular complexity index is 697. The number of nitriles is 1. The Morgan fingerprint density at radius 1 is 1.39 bits per heavy atom. The van der Waals surface area contributed by atoms with Crippen molar-refractivity contribution in [1.82, 2.24) is 9.21 Å². The van der Waals surface area contributed by atoms with Gasteiger partial charge in [0.15, 0.2) is 0 Å². The van der Waals surface area contributed by atoms with Gasteiger partial charge in [-0.25, -0.2) is 8.42 Å². The molecule has 0 aromatic heterocycles. The molecule has 0 spiro atoms. The highest BCUT2D eigenvalue weighted by atomic mass is 32.2. The molecule has 0 amide bonds. The highest BCUT2D eigenvalue weighted by molar-refractivity contribution is 7.89. The number of ether oxygens (including phenoxy) is 1. The molecule has 2 rings (SSSR count). The van der Waals surface area contributed by atoms with Gasteiger partial charge in [-0.3, -0.25) is 4.90 Å². The Kier molecular flexibility index (Phi) is 5.76. The van der Waals surface area contributed by atoms with Crippen LogP contribution in [0.25, 0.3) is 0 Å². The molecule has 1 aromatic carbocycles. The van der Waals surface area contributed by atoms with Crippen LogP contribution in [0, 0.1) is 18.3 Å². The maximum absolute atomic E-state index is 12.9. The quantitative estimate of drug-likeness (QED) is 0.807. The Balaban J connectivity index is 2.20. The third-order valence-electron chi connectivity index (χ3n) is 4.25. The van der Waals surface area contributed by atoms with E-state index >= 15 is 0 Å². The van der Waals surface area contributed by atoms with Crippen molar-refractivity contribution in [1.29, 1.82) is 5.26 Å². The topological polar surface area (TPSA) is 73.6 Å². The van der Waals surface area contributed by atoms with Crippen molar-refractivity contribution < 1.29 is 13.2 Å². The number of nitrogens with zero attached hydrogens (tertiary/aromatic N) is 3. The molecule has 0 N–H and O–H groups in total. The molecule has 0 aliphatic carbocycles. The van der Waals surface area contributed by atoms with Gasteiger partial charge in [-0.15, -0.1) is 0 Å². The second-order valence-corrected chi connectivity index (χ2v) is 7.74. The zero-order valence-electron chi connectivity index (χ0n) is 13.8. The van der Waals surface area contributed by atoms with Crippen LogP contribution in [0.1, 0.15) is 18.1 Å². The molecular weight excluding hydrogens is 314 g/mol. The number of aryl methyl sites for hydroxylation is 1. The first-order valence-corrected chi connectivity index (χ1v) is 9.08. The van der Waals surface area contributed by atoms with Gasteiger partial charge in [0.05, 0.1) is 23.1 Å². The van der Waals surface area contributed by atoms with Gasteiger partial charge >= 0.3 is 0 Å². The molecule has 1 heterocycles. The van der Waals surface area contributed by atoms with Gasteiger partial charge in [0, 0.05) is 39.3 Å². The van der Waals surface area contributed by atoms with Gasteiger partial charge in [0.2, 0.25) is 10.0 Å². The van der Waals surface area contributed by atoms with E-state index in [1.165, 1.54) is 10.4 Å². The third kappa shape index (κ3) is 3.90. The van der Waals surface area contributed by atoms with Gasteiger partial charge < -0.3 is 4.74 Å². The van der Waals surface area contributed by atoms with Crippen LogP contribution in [0.2, 0.25) is 0 Å². The van der Waals surface area contributed by atoms with E-state index in [1.807, 2.05) is 13.0 Å². The summed E-state index contributed by atoms with van der Waals surface area (Å²) < 4.78 is 32.4. The highest BCUT2D eigenvalue weighted by Crippen LogP contribution is 2.23. The van der Waals surface area contributed by atoms with Gasteiger partial charge in [0.1, 0.15) is 0 Å². The number of rotatable bonds is 5. The summed E-state index contributed by atoms with van der Waals surface area (Å²) in [5.41, 5.74) is 1.03. The molecule has 7 heteroatoms. The highest BCUT2D eigenvalue weighted by Gasteiger charge is 2.32. The van der Waals surface area contributed by atoms with Crippen LogP contribution < -0.4 is 0 Å². The van der Waals surface area contributed by atoms with Crippen LogP contribution in [0.4, 0.5) is 0 Å². The minimum atomic E-state index is -3.58. The molecule has 6 nitrogen and oxygen atoms in total. The average Bonchev–Trinajstić information content (AvgIpc) is 2.54. The predicted molar refractivity (Wildman–Crippen MR) is 87.6 cm³/mol. The Labute approximate surface area is 138 Å². The van der Waals surface area contributed by atoms with Crippen molar-refractivity contribution in [2.24, 2.45) is 0 Å². The molecule has 1 fully saturated rings. The van der Waals surface area contributed by atoms with E-state index in [4.69, 9.17) is 10.00 Å². The zero-order chi connectivity index (χ0) is 17.0. The molecule has 126 valence electrons. The van der Waals surface area contributed by atoms with Crippen LogP contribution in [-0.4, -0.2) is 63.6 Å². The summed E-state index contributed by atoms with van der Waals surface area (Å²) in [6.45, 7) is 6.80. The van der Waals surface area contributed by atoms with Crippen LogP contribution >= 0.6 is 0 Å². The maximum Gasteiger partial charge on any atom is 0.243 e. The number of benzene rings is 1. The Morgan fingerprint density at radius 3 is 2.74 bits per heavy atom. The Hall–Kier alpha value is -1.46. The SMILES string of the molecule is COCCN1CCN(S(=O)(=O)c2cc(C#N)ccc2C)CC1C. The number of methoxy groups -OCH3 is 1. The normalized spacial score (nSPS) is 20.3. The molecule has 0 bridgehead atoms. The molecule has 1 unspecified atom stereocenters. The number of hydrogen-bond donors (Lipinski definition) is 0. The van der Waals surface area contributed by atoms with E-state index in [1.54, 1.807) is 26.2 Å². The van der Waals surface area contributed by atoms with Crippen molar-refractivity contribution in [2.45, 2.75) is 24.8 Å². The van der Waals surface area contributed by atoms with Crippen LogP contribution in [0.5, 0.6) is 0 Å². The van der Waals surface area contributed by atoms with Gasteiger partial charge in [-0.1, -0.05) is 6.07 Å². The van der Waals surface area contributed by atoms with E-state index in [0.29, 0.717) is 37.4 Å². The zero-order valence-corrected chi connectivity index (χ0v) is 14.6. The van der Waals surface area contributed by atoms with Crippen molar-refractivity contribution in [2.75, 3.05) is 39.9 Å². The van der Waals surface area contributed by atoms with Gasteiger partial charge in [-0.2, -0.15) is 9.57 Å². The minimum absolute atomic E-state index is 0.133. The van der Waals surface area contributed by atoms with Gasteiger partial charge in [-0.05, 0) is 31.5 Å². The molecule has 0 radical (unpaired) electrons. The van der Waals surface area contributed by atoms with Crippen LogP contribution in [-0.2, 0) is 14.8 Å². The van der Waals surface area contributed by atoms with Crippen molar-refractivity contribution in [3.63, 3.8) is 0 Å². The number of sulfonamides is 1. The fraction of sp³-hybridized carbons (Fsp3) is 0.562. The summed E-state index contributed by atoms with van der Waals surface area (Å²) in [6.07, 6.45) is 0. The van der Waals surface area contributed by atoms with E-state index < -0.39 is 10.0 Å². The largest absolute Gasteiger partial charge is 0.383 e. The fourth-order valence-corrected chi connectivity index (χ4v) is 4.57. The van der Waals surface area contributed by atoms with E-state index in [0.717, 1.165) is 6.54 Å². The molecule has 1 aromatic rings. The molecule has 0 saturated carbocycles. The van der Waals surface area contributed by atoms with Crippen molar-refractivity contribution >= 4 is 10.0 Å². The standard InChI is InChI=1S/C16H23N3O3S/c1-13-4-5-15(11-17)10-16(13)23(20,21)19-7-6-18(8-9-22-3)14(2)12-19/h4-5,10,14H,6-9,12H2,1-3H3. The van der Waals surface area contributed by atoms with Gasteiger partial charge in [0.25, 0.3) is 0 Å². The molecule has 1 aliphatic heterocycles. The summed E-state index contributed by atoms with van der Waals surface area (Å²) in [7, 11) is -1.91. The molecule has 23 heavy (non-hydrogen) atoms. The summed E-state index contributed by atoms with van der Waals surface area (Å²) in [5.74, 6) is 0. The second-order valence-electron chi connectivity index (χ2n) is 5.83. The Morgan fingerprint density at radius 2 is 2.13 bits per heavy atom. The molecule has 1 saturated heterocycles. The molecule has 1 aliphatic rings. The van der Waals surface area contributed by atoms with Crippen LogP contribution in [0.3, 0.4) is 0 Å². The van der Waals surface area contributed by atoms with Crippen molar-refractivity contribution in [3.05, 3.63) is 29.3 Å². The lowest BCUT2D eigenvalue weighted by molar-refractivity contribution is 0.0877.